The monoisotopic (exact) mass is 965 g/mol. The van der Waals surface area contributed by atoms with Crippen LogP contribution < -0.4 is 0 Å². The van der Waals surface area contributed by atoms with Gasteiger partial charge in [0.15, 0.2) is 0 Å². The number of benzene rings is 4. The Kier molecular flexibility index (Phi) is 21.9. The first-order chi connectivity index (χ1) is 30.2. The Balaban J connectivity index is 0.000000234. The number of hydrogen-bond acceptors (Lipinski definition) is 0. The first-order valence-corrected chi connectivity index (χ1v) is 27.7. The van der Waals surface area contributed by atoms with E-state index in [0.29, 0.717) is 0 Å². The highest BCUT2D eigenvalue weighted by atomic mass is 79.9. The van der Waals surface area contributed by atoms with Crippen molar-refractivity contribution in [2.75, 3.05) is 0 Å². The molecule has 0 saturated carbocycles. The first-order valence-electron chi connectivity index (χ1n) is 26.1. The molecule has 0 heterocycles. The lowest BCUT2D eigenvalue weighted by Crippen LogP contribution is -2.25. The van der Waals surface area contributed by atoms with Gasteiger partial charge in [0.25, 0.3) is 0 Å². The Morgan fingerprint density at radius 3 is 0.839 bits per heavy atom. The van der Waals surface area contributed by atoms with Crippen LogP contribution in [0.4, 0.5) is 0 Å². The van der Waals surface area contributed by atoms with Gasteiger partial charge in [-0.1, -0.05) is 273 Å². The summed E-state index contributed by atoms with van der Waals surface area (Å²) >= 11 is 7.57. The molecule has 62 heavy (non-hydrogen) atoms. The van der Waals surface area contributed by atoms with E-state index in [2.05, 4.69) is 146 Å². The summed E-state index contributed by atoms with van der Waals surface area (Å²) in [5, 5.41) is 0. The van der Waals surface area contributed by atoms with Crippen LogP contribution in [0.15, 0.2) is 81.7 Å². The third kappa shape index (κ3) is 13.5. The van der Waals surface area contributed by atoms with E-state index in [4.69, 9.17) is 0 Å². The zero-order valence-electron chi connectivity index (χ0n) is 40.5. The topological polar surface area (TPSA) is 0 Å². The van der Waals surface area contributed by atoms with Crippen molar-refractivity contribution in [2.45, 2.75) is 232 Å². The van der Waals surface area contributed by atoms with Gasteiger partial charge < -0.3 is 0 Å². The summed E-state index contributed by atoms with van der Waals surface area (Å²) in [6.45, 7) is 13.8. The lowest BCUT2D eigenvalue weighted by atomic mass is 9.70. The molecule has 340 valence electrons. The third-order valence-corrected chi connectivity index (χ3v) is 15.8. The maximum absolute atomic E-state index is 3.79. The van der Waals surface area contributed by atoms with Gasteiger partial charge in [-0.15, -0.1) is 0 Å². The van der Waals surface area contributed by atoms with E-state index in [9.17, 15) is 0 Å². The van der Waals surface area contributed by atoms with Crippen molar-refractivity contribution >= 4 is 31.9 Å². The summed E-state index contributed by atoms with van der Waals surface area (Å²) in [6, 6.07) is 28.5. The average Bonchev–Trinajstić information content (AvgIpc) is 3.67. The smallest absolute Gasteiger partial charge is 0.0216 e. The minimum Gasteiger partial charge on any atom is -0.0654 e. The molecule has 4 aromatic carbocycles. The molecule has 2 aliphatic rings. The van der Waals surface area contributed by atoms with Gasteiger partial charge in [0.2, 0.25) is 0 Å². The molecule has 0 aliphatic heterocycles. The summed E-state index contributed by atoms with van der Waals surface area (Å²) in [6.07, 6.45) is 38.2. The third-order valence-electron chi connectivity index (χ3n) is 14.8. The van der Waals surface area contributed by atoms with Crippen molar-refractivity contribution in [3.8, 4) is 22.3 Å². The van der Waals surface area contributed by atoms with E-state index in [1.807, 2.05) is 0 Å². The first kappa shape index (κ1) is 50.8. The minimum atomic E-state index is 0.174. The number of halogens is 2. The van der Waals surface area contributed by atoms with Gasteiger partial charge in [0.1, 0.15) is 0 Å². The van der Waals surface area contributed by atoms with Crippen molar-refractivity contribution < 1.29 is 0 Å². The molecule has 0 fully saturated rings. The fraction of sp³-hybridized carbons (Fsp3) is 0.600. The molecular formula is C60H86Br2. The van der Waals surface area contributed by atoms with Gasteiger partial charge >= 0.3 is 0 Å². The Labute approximate surface area is 398 Å². The number of unbranched alkanes of at least 4 members (excludes halogenated alkanes) is 20. The summed E-state index contributed by atoms with van der Waals surface area (Å²) in [5.74, 6) is 0. The Morgan fingerprint density at radius 1 is 0.306 bits per heavy atom. The molecule has 2 heteroatoms. The molecule has 0 aromatic heterocycles. The zero-order chi connectivity index (χ0) is 44.2. The van der Waals surface area contributed by atoms with Crippen molar-refractivity contribution in [3.05, 3.63) is 115 Å². The second-order valence-electron chi connectivity index (χ2n) is 19.7. The van der Waals surface area contributed by atoms with E-state index < -0.39 is 0 Å². The summed E-state index contributed by atoms with van der Waals surface area (Å²) in [7, 11) is 0. The van der Waals surface area contributed by atoms with Crippen LogP contribution in [0.2, 0.25) is 0 Å². The van der Waals surface area contributed by atoms with E-state index in [1.54, 1.807) is 22.3 Å². The van der Waals surface area contributed by atoms with E-state index >= 15 is 0 Å². The van der Waals surface area contributed by atoms with Crippen LogP contribution >= 0.6 is 31.9 Å². The standard InChI is InChI=1S/C31H46.C29H40Br2/c1-5-7-9-11-13-15-21-31(22-16-14-12-10-8-6-2)29-23-25(3)17-19-27(29)28-20-18-26(4)24-30(28)31;1-3-5-7-9-11-13-19-29(20-14-12-10-8-6-4-2)27-21-23(30)15-17-25(27)26-18-16-24(31)22-28(26)29/h17-20,23-24H,5-16,21-22H2,1-4H3;15-18,21-22H,3-14,19-20H2,1-2H3. The fourth-order valence-electron chi connectivity index (χ4n) is 11.3. The number of hydrogen-bond donors (Lipinski definition) is 0. The van der Waals surface area contributed by atoms with Crippen LogP contribution in [0.1, 0.15) is 241 Å². The van der Waals surface area contributed by atoms with Gasteiger partial charge in [-0.2, -0.15) is 0 Å². The molecule has 0 radical (unpaired) electrons. The lowest BCUT2D eigenvalue weighted by molar-refractivity contribution is 0.397. The highest BCUT2D eigenvalue weighted by Gasteiger charge is 2.43. The molecule has 0 atom stereocenters. The quantitative estimate of drug-likeness (QED) is 0.0498. The van der Waals surface area contributed by atoms with Crippen LogP contribution in [0.3, 0.4) is 0 Å². The maximum Gasteiger partial charge on any atom is 0.0216 e. The van der Waals surface area contributed by atoms with Crippen LogP contribution in [-0.4, -0.2) is 0 Å². The highest BCUT2D eigenvalue weighted by Crippen LogP contribution is 2.56. The van der Waals surface area contributed by atoms with E-state index in [0.717, 1.165) is 0 Å². The molecule has 6 rings (SSSR count). The molecule has 0 unspecified atom stereocenters. The molecular weight excluding hydrogens is 880 g/mol. The maximum atomic E-state index is 3.79. The lowest BCUT2D eigenvalue weighted by Gasteiger charge is -2.33. The molecule has 0 saturated heterocycles. The summed E-state index contributed by atoms with van der Waals surface area (Å²) in [4.78, 5) is 0. The van der Waals surface area contributed by atoms with Gasteiger partial charge in [0, 0.05) is 19.8 Å². The van der Waals surface area contributed by atoms with Gasteiger partial charge in [-0.05, 0) is 108 Å². The van der Waals surface area contributed by atoms with Crippen LogP contribution in [-0.2, 0) is 10.8 Å². The van der Waals surface area contributed by atoms with E-state index in [-0.39, 0.29) is 10.8 Å². The van der Waals surface area contributed by atoms with Crippen LogP contribution in [0, 0.1) is 13.8 Å². The molecule has 0 nitrogen and oxygen atoms in total. The predicted molar refractivity (Wildman–Crippen MR) is 282 cm³/mol. The van der Waals surface area contributed by atoms with Crippen molar-refractivity contribution in [3.63, 3.8) is 0 Å². The van der Waals surface area contributed by atoms with Gasteiger partial charge in [0.05, 0.1) is 0 Å². The van der Waals surface area contributed by atoms with Crippen LogP contribution in [0.25, 0.3) is 22.3 Å². The molecule has 4 aromatic rings. The molecule has 0 spiro atoms. The summed E-state index contributed by atoms with van der Waals surface area (Å²) < 4.78 is 2.43. The SMILES string of the molecule is CCCCCCCCC1(CCCCCCCC)c2cc(Br)ccc2-c2ccc(Br)cc21.CCCCCCCCC1(CCCCCCCC)c2cc(C)ccc2-c2ccc(C)cc21. The van der Waals surface area contributed by atoms with Crippen molar-refractivity contribution in [1.82, 2.24) is 0 Å². The molecule has 2 aliphatic carbocycles. The largest absolute Gasteiger partial charge is 0.0654 e. The second kappa shape index (κ2) is 26.7. The highest BCUT2D eigenvalue weighted by molar-refractivity contribution is 9.10. The number of rotatable bonds is 28. The Hall–Kier alpha value is -2.16. The predicted octanol–water partition coefficient (Wildman–Crippen LogP) is 21.1. The average molecular weight is 967 g/mol. The van der Waals surface area contributed by atoms with Crippen molar-refractivity contribution in [2.24, 2.45) is 0 Å². The molecule has 0 amide bonds. The van der Waals surface area contributed by atoms with Crippen LogP contribution in [0.5, 0.6) is 0 Å². The molecule has 0 bridgehead atoms. The Bertz CT molecular complexity index is 1640. The van der Waals surface area contributed by atoms with Gasteiger partial charge in [-0.3, -0.25) is 0 Å². The van der Waals surface area contributed by atoms with E-state index in [1.165, 1.54) is 222 Å². The number of fused-ring (bicyclic) bond motifs is 6. The zero-order valence-corrected chi connectivity index (χ0v) is 43.7. The Morgan fingerprint density at radius 2 is 0.548 bits per heavy atom. The molecule has 0 N–H and O–H groups in total. The number of aryl methyl sites for hydroxylation is 2. The second-order valence-corrected chi connectivity index (χ2v) is 21.5. The van der Waals surface area contributed by atoms with Gasteiger partial charge in [-0.25, -0.2) is 0 Å². The summed E-state index contributed by atoms with van der Waals surface area (Å²) in [5.41, 5.74) is 15.6. The fourth-order valence-corrected chi connectivity index (χ4v) is 12.0. The van der Waals surface area contributed by atoms with Crippen molar-refractivity contribution in [1.29, 1.82) is 0 Å². The minimum absolute atomic E-state index is 0.174. The normalized spacial score (nSPS) is 13.9.